The van der Waals surface area contributed by atoms with Crippen LogP contribution in [-0.4, -0.2) is 15.4 Å². The summed E-state index contributed by atoms with van der Waals surface area (Å²) < 4.78 is 45.3. The van der Waals surface area contributed by atoms with Gasteiger partial charge in [0.25, 0.3) is 6.43 Å². The van der Waals surface area contributed by atoms with Crippen LogP contribution in [0, 0.1) is 5.82 Å². The molecule has 0 fully saturated rings. The molecule has 8 heteroatoms. The topological polar surface area (TPSA) is 63.8 Å². The van der Waals surface area contributed by atoms with Crippen molar-refractivity contribution in [3.05, 3.63) is 72.0 Å². The van der Waals surface area contributed by atoms with E-state index < -0.39 is 23.8 Å². The number of rotatable bonds is 5. The van der Waals surface area contributed by atoms with Gasteiger partial charge in [0.2, 0.25) is 0 Å². The number of nitrogens with zero attached hydrogens (tertiary/aromatic N) is 3. The quantitative estimate of drug-likeness (QED) is 0.490. The molecule has 142 valence electrons. The molecular formula is C20H15F3N4O. The molecule has 1 atom stereocenters. The van der Waals surface area contributed by atoms with E-state index in [1.165, 1.54) is 24.6 Å². The van der Waals surface area contributed by atoms with Crippen LogP contribution >= 0.6 is 0 Å². The van der Waals surface area contributed by atoms with E-state index in [2.05, 4.69) is 20.7 Å². The van der Waals surface area contributed by atoms with Crippen LogP contribution in [0.25, 0.3) is 22.0 Å². The molecule has 0 aliphatic heterocycles. The summed E-state index contributed by atoms with van der Waals surface area (Å²) in [5, 5.41) is 15.7. The molecule has 2 aromatic carbocycles. The molecule has 4 aromatic rings. The fourth-order valence-electron chi connectivity index (χ4n) is 3.08. The van der Waals surface area contributed by atoms with E-state index in [-0.39, 0.29) is 5.56 Å². The van der Waals surface area contributed by atoms with Crippen molar-refractivity contribution >= 4 is 16.6 Å². The second-order valence-electron chi connectivity index (χ2n) is 6.32. The van der Waals surface area contributed by atoms with Gasteiger partial charge >= 0.3 is 0 Å². The Balaban J connectivity index is 1.72. The van der Waals surface area contributed by atoms with Crippen molar-refractivity contribution in [2.45, 2.75) is 19.4 Å². The van der Waals surface area contributed by atoms with Crippen LogP contribution in [0.2, 0.25) is 0 Å². The van der Waals surface area contributed by atoms with Gasteiger partial charge in [-0.15, -0.1) is 0 Å². The maximum absolute atomic E-state index is 14.5. The first-order valence-electron chi connectivity index (χ1n) is 8.53. The number of hydrogen-bond acceptors (Lipinski definition) is 5. The summed E-state index contributed by atoms with van der Waals surface area (Å²) in [5.74, 6) is -0.908. The smallest absolute Gasteiger partial charge is 0.266 e. The van der Waals surface area contributed by atoms with Gasteiger partial charge in [-0.3, -0.25) is 0 Å². The second kappa shape index (κ2) is 7.30. The Kier molecular flexibility index (Phi) is 4.68. The maximum atomic E-state index is 14.5. The zero-order valence-corrected chi connectivity index (χ0v) is 14.7. The van der Waals surface area contributed by atoms with Crippen molar-refractivity contribution in [1.82, 2.24) is 15.4 Å². The van der Waals surface area contributed by atoms with E-state index in [4.69, 9.17) is 4.52 Å². The minimum absolute atomic E-state index is 0.151. The average molecular weight is 384 g/mol. The summed E-state index contributed by atoms with van der Waals surface area (Å²) in [7, 11) is 0. The van der Waals surface area contributed by atoms with Gasteiger partial charge in [-0.1, -0.05) is 29.4 Å². The Bertz CT molecular complexity index is 1120. The Morgan fingerprint density at radius 1 is 1.04 bits per heavy atom. The number of fused-ring (bicyclic) bond motifs is 1. The Labute approximate surface area is 158 Å². The lowest BCUT2D eigenvalue weighted by atomic mass is 10.0. The largest absolute Gasteiger partial charge is 0.377 e. The minimum Gasteiger partial charge on any atom is -0.377 e. The van der Waals surface area contributed by atoms with Crippen LogP contribution in [0.15, 0.2) is 59.6 Å². The SMILES string of the molecule is C[C@@H](Nc1cnnc2ccc(-c3cnoc3)cc12)c1cccc(C(F)F)c1F. The third kappa shape index (κ3) is 3.28. The number of nitrogens with one attached hydrogen (secondary N) is 1. The first-order chi connectivity index (χ1) is 13.5. The Morgan fingerprint density at radius 3 is 2.61 bits per heavy atom. The van der Waals surface area contributed by atoms with E-state index in [0.717, 1.165) is 22.6 Å². The first kappa shape index (κ1) is 18.0. The van der Waals surface area contributed by atoms with E-state index in [1.807, 2.05) is 12.1 Å². The number of hydrogen-bond donors (Lipinski definition) is 1. The normalized spacial score (nSPS) is 12.5. The molecule has 0 spiro atoms. The van der Waals surface area contributed by atoms with E-state index in [9.17, 15) is 13.2 Å². The van der Waals surface area contributed by atoms with Crippen molar-refractivity contribution in [2.24, 2.45) is 0 Å². The highest BCUT2D eigenvalue weighted by atomic mass is 19.3. The van der Waals surface area contributed by atoms with Gasteiger partial charge in [-0.2, -0.15) is 10.2 Å². The number of halogens is 3. The summed E-state index contributed by atoms with van der Waals surface area (Å²) in [6, 6.07) is 8.98. The molecule has 28 heavy (non-hydrogen) atoms. The van der Waals surface area contributed by atoms with Crippen LogP contribution in [0.1, 0.15) is 30.5 Å². The van der Waals surface area contributed by atoms with Crippen LogP contribution in [0.3, 0.4) is 0 Å². The van der Waals surface area contributed by atoms with Gasteiger partial charge in [0.1, 0.15) is 12.1 Å². The Morgan fingerprint density at radius 2 is 1.86 bits per heavy atom. The molecular weight excluding hydrogens is 369 g/mol. The maximum Gasteiger partial charge on any atom is 0.266 e. The van der Waals surface area contributed by atoms with Crippen LogP contribution in [0.4, 0.5) is 18.9 Å². The minimum atomic E-state index is -2.87. The zero-order chi connectivity index (χ0) is 19.7. The summed E-state index contributed by atoms with van der Waals surface area (Å²) in [6.45, 7) is 1.70. The zero-order valence-electron chi connectivity index (χ0n) is 14.7. The average Bonchev–Trinajstić information content (AvgIpc) is 3.22. The van der Waals surface area contributed by atoms with Gasteiger partial charge in [0.15, 0.2) is 0 Å². The molecule has 4 rings (SSSR count). The molecule has 0 aliphatic rings. The van der Waals surface area contributed by atoms with Gasteiger partial charge in [0, 0.05) is 16.5 Å². The molecule has 0 aliphatic carbocycles. The summed E-state index contributed by atoms with van der Waals surface area (Å²) in [4.78, 5) is 0. The van der Waals surface area contributed by atoms with Crippen LogP contribution in [-0.2, 0) is 0 Å². The molecule has 5 nitrogen and oxygen atoms in total. The first-order valence-corrected chi connectivity index (χ1v) is 8.53. The lowest BCUT2D eigenvalue weighted by Gasteiger charge is -2.18. The van der Waals surface area contributed by atoms with E-state index in [1.54, 1.807) is 19.2 Å². The predicted molar refractivity (Wildman–Crippen MR) is 98.4 cm³/mol. The van der Waals surface area contributed by atoms with Gasteiger partial charge in [-0.25, -0.2) is 13.2 Å². The summed E-state index contributed by atoms with van der Waals surface area (Å²) in [5.41, 5.74) is 2.45. The molecule has 2 heterocycles. The van der Waals surface area contributed by atoms with Crippen molar-refractivity contribution in [3.8, 4) is 11.1 Å². The highest BCUT2D eigenvalue weighted by Gasteiger charge is 2.20. The van der Waals surface area contributed by atoms with E-state index >= 15 is 0 Å². The fraction of sp³-hybridized carbons (Fsp3) is 0.150. The molecule has 2 aromatic heterocycles. The van der Waals surface area contributed by atoms with Crippen molar-refractivity contribution in [2.75, 3.05) is 5.32 Å². The van der Waals surface area contributed by atoms with Crippen LogP contribution < -0.4 is 5.32 Å². The molecule has 0 radical (unpaired) electrons. The third-order valence-corrected chi connectivity index (χ3v) is 4.54. The lowest BCUT2D eigenvalue weighted by Crippen LogP contribution is -2.11. The van der Waals surface area contributed by atoms with Crippen LogP contribution in [0.5, 0.6) is 0 Å². The number of anilines is 1. The van der Waals surface area contributed by atoms with Crippen molar-refractivity contribution in [1.29, 1.82) is 0 Å². The highest BCUT2D eigenvalue weighted by Crippen LogP contribution is 2.32. The lowest BCUT2D eigenvalue weighted by molar-refractivity contribution is 0.146. The number of alkyl halides is 2. The Hall–Kier alpha value is -3.42. The fourth-order valence-corrected chi connectivity index (χ4v) is 3.08. The second-order valence-corrected chi connectivity index (χ2v) is 6.32. The predicted octanol–water partition coefficient (Wildman–Crippen LogP) is 5.53. The van der Waals surface area contributed by atoms with Gasteiger partial charge < -0.3 is 9.84 Å². The molecule has 1 N–H and O–H groups in total. The number of benzene rings is 2. The summed E-state index contributed by atoms with van der Waals surface area (Å²) >= 11 is 0. The molecule has 0 amide bonds. The highest BCUT2D eigenvalue weighted by molar-refractivity contribution is 5.93. The van der Waals surface area contributed by atoms with E-state index in [0.29, 0.717) is 11.2 Å². The number of aromatic nitrogens is 3. The van der Waals surface area contributed by atoms with Gasteiger partial charge in [-0.05, 0) is 24.6 Å². The third-order valence-electron chi connectivity index (χ3n) is 4.54. The molecule has 0 unspecified atom stereocenters. The standard InChI is InChI=1S/C20H15F3N4O/c1-11(14-3-2-4-15(19(14)21)20(22)23)26-18-9-24-27-17-6-5-12(7-16(17)18)13-8-25-28-10-13/h2-11,20H,1H3,(H,26,27)/t11-/m1/s1. The molecule has 0 saturated carbocycles. The summed E-state index contributed by atoms with van der Waals surface area (Å²) in [6.07, 6.45) is 1.76. The van der Waals surface area contributed by atoms with Gasteiger partial charge in [0.05, 0.1) is 35.2 Å². The van der Waals surface area contributed by atoms with Crippen molar-refractivity contribution < 1.29 is 17.7 Å². The molecule has 0 bridgehead atoms. The monoisotopic (exact) mass is 384 g/mol. The molecule has 0 saturated heterocycles. The van der Waals surface area contributed by atoms with Crippen molar-refractivity contribution in [3.63, 3.8) is 0 Å².